The molecule has 0 aromatic heterocycles. The Morgan fingerprint density at radius 2 is 1.85 bits per heavy atom. The Hall–Kier alpha value is -0.530. The molecule has 0 aromatic carbocycles. The van der Waals surface area contributed by atoms with Crippen molar-refractivity contribution >= 4 is 27.5 Å². The van der Waals surface area contributed by atoms with Gasteiger partial charge in [-0.25, -0.2) is 0 Å². The Labute approximate surface area is 91.1 Å². The van der Waals surface area contributed by atoms with E-state index in [2.05, 4.69) is 28.1 Å². The highest BCUT2D eigenvalue weighted by atomic mass is 79.9. The summed E-state index contributed by atoms with van der Waals surface area (Å²) in [4.78, 5) is 0.275. The zero-order chi connectivity index (χ0) is 9.26. The lowest BCUT2D eigenvalue weighted by molar-refractivity contribution is 1.27. The average Bonchev–Trinajstić information content (AvgIpc) is 2.61. The van der Waals surface area contributed by atoms with Crippen LogP contribution in [0.25, 0.3) is 0 Å². The van der Waals surface area contributed by atoms with Crippen molar-refractivity contribution in [1.82, 2.24) is 0 Å². The van der Waals surface area contributed by atoms with Gasteiger partial charge in [-0.2, -0.15) is 0 Å². The van der Waals surface area contributed by atoms with Gasteiger partial charge < -0.3 is 0 Å². The van der Waals surface area contributed by atoms with Crippen molar-refractivity contribution in [3.8, 4) is 0 Å². The van der Waals surface area contributed by atoms with Crippen LogP contribution in [0, 0.1) is 0 Å². The van der Waals surface area contributed by atoms with E-state index in [9.17, 15) is 0 Å². The Morgan fingerprint density at radius 3 is 2.54 bits per heavy atom. The first kappa shape index (κ1) is 9.04. The molecule has 0 heterocycles. The highest BCUT2D eigenvalue weighted by Gasteiger charge is 2.13. The first-order chi connectivity index (χ1) is 6.27. The van der Waals surface area contributed by atoms with Crippen LogP contribution in [0.15, 0.2) is 58.7 Å². The van der Waals surface area contributed by atoms with E-state index in [1.807, 2.05) is 30.4 Å². The summed E-state index contributed by atoms with van der Waals surface area (Å²) in [5.41, 5.74) is 2.45. The second-order valence-corrected chi connectivity index (χ2v) is 4.34. The van der Waals surface area contributed by atoms with Crippen LogP contribution >= 0.6 is 27.5 Å². The summed E-state index contributed by atoms with van der Waals surface area (Å²) in [5, 5.41) is 0.784. The molecule has 0 bridgehead atoms. The van der Waals surface area contributed by atoms with Gasteiger partial charge in [0.2, 0.25) is 0 Å². The maximum atomic E-state index is 5.93. The molecule has 0 saturated heterocycles. The van der Waals surface area contributed by atoms with Gasteiger partial charge in [0.1, 0.15) is 0 Å². The molecule has 0 N–H and O–H groups in total. The van der Waals surface area contributed by atoms with E-state index in [-0.39, 0.29) is 4.83 Å². The Balaban J connectivity index is 2.44. The minimum absolute atomic E-state index is 0.275. The molecule has 13 heavy (non-hydrogen) atoms. The van der Waals surface area contributed by atoms with Crippen LogP contribution in [0.2, 0.25) is 0 Å². The lowest BCUT2D eigenvalue weighted by Crippen LogP contribution is -2.02. The van der Waals surface area contributed by atoms with Gasteiger partial charge >= 0.3 is 0 Å². The molecule has 2 aliphatic carbocycles. The standard InChI is InChI=1S/C11H8BrCl/c12-11-6-5-9(13)7-10(11)8-3-1-2-4-8/h1-7,11H. The number of rotatable bonds is 0. The molecule has 0 saturated carbocycles. The van der Waals surface area contributed by atoms with Crippen molar-refractivity contribution in [3.63, 3.8) is 0 Å². The summed E-state index contributed by atoms with van der Waals surface area (Å²) in [5.74, 6) is 0. The van der Waals surface area contributed by atoms with E-state index in [1.165, 1.54) is 11.1 Å². The normalized spacial score (nSPS) is 25.7. The first-order valence-electron chi connectivity index (χ1n) is 4.06. The Kier molecular flexibility index (Phi) is 2.56. The zero-order valence-corrected chi connectivity index (χ0v) is 9.22. The summed E-state index contributed by atoms with van der Waals surface area (Å²) < 4.78 is 0. The van der Waals surface area contributed by atoms with Crippen molar-refractivity contribution < 1.29 is 0 Å². The molecule has 2 aliphatic rings. The second-order valence-electron chi connectivity index (χ2n) is 2.92. The molecule has 0 amide bonds. The summed E-state index contributed by atoms with van der Waals surface area (Å²) in [6, 6.07) is 0. The van der Waals surface area contributed by atoms with E-state index < -0.39 is 0 Å². The summed E-state index contributed by atoms with van der Waals surface area (Å²) in [6.07, 6.45) is 14.2. The maximum Gasteiger partial charge on any atom is 0.0585 e. The van der Waals surface area contributed by atoms with Gasteiger partial charge in [-0.15, -0.1) is 0 Å². The summed E-state index contributed by atoms with van der Waals surface area (Å²) in [6.45, 7) is 0. The number of allylic oxidation sites excluding steroid dienone is 10. The molecule has 1 atom stereocenters. The fraction of sp³-hybridized carbons (Fsp3) is 0.0909. The topological polar surface area (TPSA) is 0 Å². The molecule has 0 fully saturated rings. The fourth-order valence-corrected chi connectivity index (χ4v) is 2.10. The van der Waals surface area contributed by atoms with Crippen molar-refractivity contribution in [2.24, 2.45) is 0 Å². The average molecular weight is 256 g/mol. The van der Waals surface area contributed by atoms with E-state index >= 15 is 0 Å². The van der Waals surface area contributed by atoms with E-state index in [0.717, 1.165) is 5.03 Å². The Bertz CT molecular complexity index is 356. The lowest BCUT2D eigenvalue weighted by atomic mass is 10.0. The van der Waals surface area contributed by atoms with Gasteiger partial charge in [-0.05, 0) is 23.3 Å². The van der Waals surface area contributed by atoms with Crippen molar-refractivity contribution in [2.75, 3.05) is 0 Å². The first-order valence-corrected chi connectivity index (χ1v) is 5.35. The molecule has 66 valence electrons. The minimum atomic E-state index is 0.275. The van der Waals surface area contributed by atoms with Gasteiger partial charge in [-0.1, -0.05) is 57.9 Å². The zero-order valence-electron chi connectivity index (χ0n) is 6.87. The Morgan fingerprint density at radius 1 is 1.15 bits per heavy atom. The monoisotopic (exact) mass is 254 g/mol. The largest absolute Gasteiger partial charge is 0.0843 e. The van der Waals surface area contributed by atoms with Crippen molar-refractivity contribution in [2.45, 2.75) is 4.83 Å². The van der Waals surface area contributed by atoms with E-state index in [4.69, 9.17) is 11.6 Å². The quantitative estimate of drug-likeness (QED) is 0.577. The highest BCUT2D eigenvalue weighted by Crippen LogP contribution is 2.29. The number of hydrogen-bond acceptors (Lipinski definition) is 0. The van der Waals surface area contributed by atoms with E-state index in [0.29, 0.717) is 0 Å². The predicted octanol–water partition coefficient (Wildman–Crippen LogP) is 3.87. The molecule has 2 heteroatoms. The minimum Gasteiger partial charge on any atom is -0.0843 e. The maximum absolute atomic E-state index is 5.93. The number of hydrogen-bond donors (Lipinski definition) is 0. The van der Waals surface area contributed by atoms with Gasteiger partial charge in [0.05, 0.1) is 4.83 Å². The third-order valence-corrected chi connectivity index (χ3v) is 3.04. The number of alkyl halides is 1. The van der Waals surface area contributed by atoms with Crippen LogP contribution < -0.4 is 0 Å². The molecule has 0 nitrogen and oxygen atoms in total. The predicted molar refractivity (Wildman–Crippen MR) is 61.1 cm³/mol. The molecular weight excluding hydrogens is 247 g/mol. The number of halogens is 2. The highest BCUT2D eigenvalue weighted by molar-refractivity contribution is 9.09. The van der Waals surface area contributed by atoms with Gasteiger partial charge in [0.15, 0.2) is 0 Å². The van der Waals surface area contributed by atoms with Gasteiger partial charge in [-0.3, -0.25) is 0 Å². The van der Waals surface area contributed by atoms with Crippen molar-refractivity contribution in [3.05, 3.63) is 58.7 Å². The van der Waals surface area contributed by atoms with Crippen LogP contribution in [0.4, 0.5) is 0 Å². The van der Waals surface area contributed by atoms with Crippen LogP contribution in [0.3, 0.4) is 0 Å². The van der Waals surface area contributed by atoms with Gasteiger partial charge in [0.25, 0.3) is 0 Å². The molecule has 2 rings (SSSR count). The lowest BCUT2D eigenvalue weighted by Gasteiger charge is -2.13. The fourth-order valence-electron chi connectivity index (χ4n) is 1.37. The second kappa shape index (κ2) is 3.69. The summed E-state index contributed by atoms with van der Waals surface area (Å²) in [7, 11) is 0. The molecule has 0 aliphatic heterocycles. The molecule has 0 aromatic rings. The summed E-state index contributed by atoms with van der Waals surface area (Å²) >= 11 is 9.50. The van der Waals surface area contributed by atoms with Crippen LogP contribution in [-0.2, 0) is 0 Å². The molecule has 0 spiro atoms. The molecular formula is C11H8BrCl. The van der Waals surface area contributed by atoms with Crippen LogP contribution in [0.1, 0.15) is 0 Å². The van der Waals surface area contributed by atoms with Crippen molar-refractivity contribution in [1.29, 1.82) is 0 Å². The molecule has 0 radical (unpaired) electrons. The van der Waals surface area contributed by atoms with Gasteiger partial charge in [0, 0.05) is 5.03 Å². The molecule has 1 unspecified atom stereocenters. The van der Waals surface area contributed by atoms with E-state index in [1.54, 1.807) is 0 Å². The smallest absolute Gasteiger partial charge is 0.0585 e. The third kappa shape index (κ3) is 1.87. The SMILES string of the molecule is ClC1=CC(=C2C=CC=C2)C(Br)C=C1. The van der Waals surface area contributed by atoms with Crippen LogP contribution in [0.5, 0.6) is 0 Å². The van der Waals surface area contributed by atoms with Crippen LogP contribution in [-0.4, -0.2) is 4.83 Å². The third-order valence-electron chi connectivity index (χ3n) is 2.01.